The van der Waals surface area contributed by atoms with E-state index in [9.17, 15) is 9.59 Å². The summed E-state index contributed by atoms with van der Waals surface area (Å²) in [7, 11) is 0. The lowest BCUT2D eigenvalue weighted by molar-refractivity contribution is -0.148. The Morgan fingerprint density at radius 1 is 1.07 bits per heavy atom. The molecule has 0 radical (unpaired) electrons. The van der Waals surface area contributed by atoms with Crippen LogP contribution in [0.15, 0.2) is 54.6 Å². The molecule has 2 aromatic carbocycles. The zero-order valence-corrected chi connectivity index (χ0v) is 16.7. The first-order valence-corrected chi connectivity index (χ1v) is 9.88. The van der Waals surface area contributed by atoms with E-state index in [4.69, 9.17) is 16.3 Å². The SMILES string of the molecule is CC1CCN(C(=O)COC(=O)C(=Cc2ccccc2)c2ccc(Cl)cc2)CC1. The van der Waals surface area contributed by atoms with Crippen LogP contribution < -0.4 is 0 Å². The van der Waals surface area contributed by atoms with E-state index in [1.54, 1.807) is 35.2 Å². The molecule has 0 aliphatic carbocycles. The van der Waals surface area contributed by atoms with E-state index < -0.39 is 5.97 Å². The highest BCUT2D eigenvalue weighted by molar-refractivity contribution is 6.30. The fourth-order valence-electron chi connectivity index (χ4n) is 3.16. The van der Waals surface area contributed by atoms with Gasteiger partial charge in [-0.15, -0.1) is 0 Å². The third-order valence-corrected chi connectivity index (χ3v) is 5.20. The van der Waals surface area contributed by atoms with E-state index in [-0.39, 0.29) is 12.5 Å². The van der Waals surface area contributed by atoms with Crippen molar-refractivity contribution < 1.29 is 14.3 Å². The van der Waals surface area contributed by atoms with Gasteiger partial charge in [0.2, 0.25) is 0 Å². The fraction of sp³-hybridized carbons (Fsp3) is 0.304. The van der Waals surface area contributed by atoms with Crippen LogP contribution in [-0.2, 0) is 14.3 Å². The molecule has 4 nitrogen and oxygen atoms in total. The van der Waals surface area contributed by atoms with E-state index in [0.717, 1.165) is 31.5 Å². The van der Waals surface area contributed by atoms with E-state index in [1.807, 2.05) is 30.3 Å². The van der Waals surface area contributed by atoms with E-state index in [2.05, 4.69) is 6.92 Å². The molecule has 0 spiro atoms. The standard InChI is InChI=1S/C23H24ClNO3/c1-17-11-13-25(14-12-17)22(26)16-28-23(27)21(15-18-5-3-2-4-6-18)19-7-9-20(24)10-8-19/h2-10,15,17H,11-14,16H2,1H3. The first-order chi connectivity index (χ1) is 13.5. The van der Waals surface area contributed by atoms with Crippen molar-refractivity contribution in [3.8, 4) is 0 Å². The number of likely N-dealkylation sites (tertiary alicyclic amines) is 1. The number of piperidine rings is 1. The van der Waals surface area contributed by atoms with Crippen LogP contribution in [0.3, 0.4) is 0 Å². The van der Waals surface area contributed by atoms with Gasteiger partial charge >= 0.3 is 5.97 Å². The largest absolute Gasteiger partial charge is 0.452 e. The van der Waals surface area contributed by atoms with Gasteiger partial charge in [0.05, 0.1) is 5.57 Å². The topological polar surface area (TPSA) is 46.6 Å². The third-order valence-electron chi connectivity index (χ3n) is 4.95. The van der Waals surface area contributed by atoms with Crippen molar-refractivity contribution in [2.24, 2.45) is 5.92 Å². The zero-order valence-electron chi connectivity index (χ0n) is 15.9. The van der Waals surface area contributed by atoms with Crippen LogP contribution >= 0.6 is 11.6 Å². The Bertz CT molecular complexity index is 838. The second kappa shape index (κ2) is 9.56. The van der Waals surface area contributed by atoms with Gasteiger partial charge in [-0.2, -0.15) is 0 Å². The van der Waals surface area contributed by atoms with Crippen molar-refractivity contribution >= 4 is 35.1 Å². The molecule has 0 unspecified atom stereocenters. The van der Waals surface area contributed by atoms with Crippen molar-refractivity contribution in [1.29, 1.82) is 0 Å². The second-order valence-corrected chi connectivity index (χ2v) is 7.55. The molecular formula is C23H24ClNO3. The number of carbonyl (C=O) groups excluding carboxylic acids is 2. The van der Waals surface area contributed by atoms with Gasteiger partial charge in [-0.05, 0) is 48.1 Å². The average Bonchev–Trinajstić information content (AvgIpc) is 2.72. The maximum absolute atomic E-state index is 12.8. The number of ether oxygens (including phenoxy) is 1. The highest BCUT2D eigenvalue weighted by Gasteiger charge is 2.22. The number of carbonyl (C=O) groups is 2. The second-order valence-electron chi connectivity index (χ2n) is 7.12. The number of nitrogens with zero attached hydrogens (tertiary/aromatic N) is 1. The average molecular weight is 398 g/mol. The number of amides is 1. The molecule has 2 aromatic rings. The fourth-order valence-corrected chi connectivity index (χ4v) is 3.29. The molecule has 3 rings (SSSR count). The highest BCUT2D eigenvalue weighted by atomic mass is 35.5. The van der Waals surface area contributed by atoms with Gasteiger partial charge in [0.15, 0.2) is 6.61 Å². The Morgan fingerprint density at radius 2 is 1.71 bits per heavy atom. The van der Waals surface area contributed by atoms with Gasteiger partial charge in [-0.3, -0.25) is 4.79 Å². The molecular weight excluding hydrogens is 374 g/mol. The molecule has 0 aromatic heterocycles. The Morgan fingerprint density at radius 3 is 2.36 bits per heavy atom. The summed E-state index contributed by atoms with van der Waals surface area (Å²) in [4.78, 5) is 26.9. The van der Waals surface area contributed by atoms with Gasteiger partial charge in [0.1, 0.15) is 0 Å². The first kappa shape index (κ1) is 20.2. The Kier molecular flexibility index (Phi) is 6.88. The lowest BCUT2D eigenvalue weighted by atomic mass is 9.99. The van der Waals surface area contributed by atoms with E-state index in [1.165, 1.54) is 0 Å². The van der Waals surface area contributed by atoms with Crippen LogP contribution in [0.4, 0.5) is 0 Å². The van der Waals surface area contributed by atoms with Gasteiger partial charge in [0, 0.05) is 18.1 Å². The van der Waals surface area contributed by atoms with Crippen molar-refractivity contribution in [3.63, 3.8) is 0 Å². The molecule has 0 atom stereocenters. The first-order valence-electron chi connectivity index (χ1n) is 9.50. The molecule has 1 amide bonds. The Hall–Kier alpha value is -2.59. The summed E-state index contributed by atoms with van der Waals surface area (Å²) >= 11 is 5.97. The van der Waals surface area contributed by atoms with Crippen molar-refractivity contribution in [2.45, 2.75) is 19.8 Å². The van der Waals surface area contributed by atoms with E-state index in [0.29, 0.717) is 22.1 Å². The third kappa shape index (κ3) is 5.46. The number of hydrogen-bond donors (Lipinski definition) is 0. The molecule has 0 saturated carbocycles. The monoisotopic (exact) mass is 397 g/mol. The normalized spacial score (nSPS) is 15.4. The summed E-state index contributed by atoms with van der Waals surface area (Å²) in [5.74, 6) is -0.0303. The maximum Gasteiger partial charge on any atom is 0.339 e. The number of benzene rings is 2. The number of esters is 1. The Balaban J connectivity index is 1.72. The summed E-state index contributed by atoms with van der Waals surface area (Å²) in [6.45, 7) is 3.39. The summed E-state index contributed by atoms with van der Waals surface area (Å²) in [6.07, 6.45) is 3.74. The Labute approximate surface area is 170 Å². The summed E-state index contributed by atoms with van der Waals surface area (Å²) in [5, 5.41) is 0.589. The molecule has 1 fully saturated rings. The lowest BCUT2D eigenvalue weighted by Crippen LogP contribution is -2.40. The molecule has 146 valence electrons. The quantitative estimate of drug-likeness (QED) is 0.418. The van der Waals surface area contributed by atoms with Crippen LogP contribution in [0.1, 0.15) is 30.9 Å². The predicted molar refractivity (Wildman–Crippen MR) is 112 cm³/mol. The zero-order chi connectivity index (χ0) is 19.9. The summed E-state index contributed by atoms with van der Waals surface area (Å²) in [5.41, 5.74) is 1.96. The minimum Gasteiger partial charge on any atom is -0.452 e. The predicted octanol–water partition coefficient (Wildman–Crippen LogP) is 4.68. The van der Waals surface area contributed by atoms with Crippen LogP contribution in [0.2, 0.25) is 5.02 Å². The molecule has 5 heteroatoms. The summed E-state index contributed by atoms with van der Waals surface area (Å²) < 4.78 is 5.37. The number of halogens is 1. The highest BCUT2D eigenvalue weighted by Crippen LogP contribution is 2.22. The van der Waals surface area contributed by atoms with Gasteiger partial charge < -0.3 is 9.64 Å². The smallest absolute Gasteiger partial charge is 0.339 e. The molecule has 1 aliphatic heterocycles. The number of hydrogen-bond acceptors (Lipinski definition) is 3. The van der Waals surface area contributed by atoms with Crippen LogP contribution in [-0.4, -0.2) is 36.5 Å². The van der Waals surface area contributed by atoms with Gasteiger partial charge in [0.25, 0.3) is 5.91 Å². The van der Waals surface area contributed by atoms with Crippen molar-refractivity contribution in [3.05, 3.63) is 70.7 Å². The molecule has 1 heterocycles. The van der Waals surface area contributed by atoms with Crippen LogP contribution in [0.25, 0.3) is 11.6 Å². The number of rotatable bonds is 5. The van der Waals surface area contributed by atoms with Crippen LogP contribution in [0.5, 0.6) is 0 Å². The van der Waals surface area contributed by atoms with Crippen molar-refractivity contribution in [2.75, 3.05) is 19.7 Å². The molecule has 0 bridgehead atoms. The van der Waals surface area contributed by atoms with Gasteiger partial charge in [-0.25, -0.2) is 4.79 Å². The molecule has 28 heavy (non-hydrogen) atoms. The maximum atomic E-state index is 12.8. The van der Waals surface area contributed by atoms with Gasteiger partial charge in [-0.1, -0.05) is 61.0 Å². The lowest BCUT2D eigenvalue weighted by Gasteiger charge is -2.30. The van der Waals surface area contributed by atoms with E-state index >= 15 is 0 Å². The van der Waals surface area contributed by atoms with Crippen molar-refractivity contribution in [1.82, 2.24) is 4.90 Å². The minimum absolute atomic E-state index is 0.143. The minimum atomic E-state index is -0.523. The van der Waals surface area contributed by atoms with Crippen LogP contribution in [0, 0.1) is 5.92 Å². The summed E-state index contributed by atoms with van der Waals surface area (Å²) in [6, 6.07) is 16.5. The molecule has 1 aliphatic rings. The molecule has 0 N–H and O–H groups in total. The molecule has 1 saturated heterocycles.